The molecule has 1 amide bonds. The highest BCUT2D eigenvalue weighted by atomic mass is 79.9. The molecule has 0 spiro atoms. The number of fused-ring (bicyclic) bond motifs is 2. The molecule has 0 saturated carbocycles. The zero-order chi connectivity index (χ0) is 28.7. The minimum Gasteiger partial charge on any atom is -0.457 e. The zero-order valence-electron chi connectivity index (χ0n) is 21.6. The summed E-state index contributed by atoms with van der Waals surface area (Å²) in [7, 11) is 0. The van der Waals surface area contributed by atoms with Crippen LogP contribution in [0.5, 0.6) is 11.5 Å². The van der Waals surface area contributed by atoms with E-state index in [4.69, 9.17) is 13.9 Å². The van der Waals surface area contributed by atoms with E-state index < -0.39 is 17.9 Å². The largest absolute Gasteiger partial charge is 0.457 e. The van der Waals surface area contributed by atoms with Crippen LogP contribution in [0.25, 0.3) is 11.0 Å². The third kappa shape index (κ3) is 4.85. The van der Waals surface area contributed by atoms with E-state index in [1.807, 2.05) is 36.4 Å². The van der Waals surface area contributed by atoms with Gasteiger partial charge in [0.2, 0.25) is 5.76 Å². The number of carbonyl (C=O) groups excluding carboxylic acids is 2. The van der Waals surface area contributed by atoms with E-state index in [1.165, 1.54) is 11.0 Å². The number of anilines is 1. The standard InChI is InChI=1S/C31H21BrN2O6S/c1-3-14-38-30(37)28-17(2)33-31(41-28)34-25(18-8-7-11-21(15-18)39-20-9-5-4-6-10-20)24-26(35)22-16-19(32)12-13-23(22)40-27(24)29(34)36/h3-13,15-16,25H,1,14H2,2H3. The molecule has 0 N–H and O–H groups in total. The van der Waals surface area contributed by atoms with Crippen molar-refractivity contribution in [3.8, 4) is 11.5 Å². The minimum absolute atomic E-state index is 0.0387. The van der Waals surface area contributed by atoms with Gasteiger partial charge in [-0.3, -0.25) is 14.5 Å². The summed E-state index contributed by atoms with van der Waals surface area (Å²) in [5, 5.41) is 0.562. The van der Waals surface area contributed by atoms with Crippen molar-refractivity contribution in [2.45, 2.75) is 13.0 Å². The van der Waals surface area contributed by atoms with Crippen molar-refractivity contribution < 1.29 is 23.5 Å². The Morgan fingerprint density at radius 3 is 2.66 bits per heavy atom. The molecule has 1 aliphatic rings. The maximum Gasteiger partial charge on any atom is 0.350 e. The van der Waals surface area contributed by atoms with Crippen LogP contribution in [-0.2, 0) is 4.74 Å². The Morgan fingerprint density at radius 1 is 1.10 bits per heavy atom. The van der Waals surface area contributed by atoms with Crippen molar-refractivity contribution in [3.63, 3.8) is 0 Å². The smallest absolute Gasteiger partial charge is 0.350 e. The Morgan fingerprint density at radius 2 is 1.88 bits per heavy atom. The molecule has 6 rings (SSSR count). The molecule has 0 fully saturated rings. The molecule has 3 heterocycles. The predicted octanol–water partition coefficient (Wildman–Crippen LogP) is 7.21. The summed E-state index contributed by atoms with van der Waals surface area (Å²) in [5.41, 5.74) is 1.14. The number of carbonyl (C=O) groups is 2. The number of thiazole rings is 1. The van der Waals surface area contributed by atoms with Crippen molar-refractivity contribution in [1.29, 1.82) is 0 Å². The fraction of sp³-hybridized carbons (Fsp3) is 0.0968. The average Bonchev–Trinajstić information content (AvgIpc) is 3.50. The summed E-state index contributed by atoms with van der Waals surface area (Å²) in [6, 6.07) is 20.6. The molecule has 1 unspecified atom stereocenters. The second-order valence-electron chi connectivity index (χ2n) is 9.18. The number of halogens is 1. The van der Waals surface area contributed by atoms with Gasteiger partial charge < -0.3 is 13.9 Å². The van der Waals surface area contributed by atoms with Crippen LogP contribution in [0.3, 0.4) is 0 Å². The Bertz CT molecular complexity index is 1900. The molecule has 1 aliphatic heterocycles. The van der Waals surface area contributed by atoms with Crippen molar-refractivity contribution in [1.82, 2.24) is 4.98 Å². The number of ether oxygens (including phenoxy) is 2. The van der Waals surface area contributed by atoms with Crippen LogP contribution in [0.15, 0.2) is 99.1 Å². The van der Waals surface area contributed by atoms with Crippen LogP contribution in [-0.4, -0.2) is 23.5 Å². The summed E-state index contributed by atoms with van der Waals surface area (Å²) >= 11 is 4.43. The number of aromatic nitrogens is 1. The van der Waals surface area contributed by atoms with Crippen molar-refractivity contribution in [2.24, 2.45) is 0 Å². The summed E-state index contributed by atoms with van der Waals surface area (Å²) in [6.45, 7) is 5.27. The SMILES string of the molecule is C=CCOC(=O)c1sc(N2C(=O)c3oc4ccc(Br)cc4c(=O)c3C2c2cccc(Oc3ccccc3)c2)nc1C. The fourth-order valence-electron chi connectivity index (χ4n) is 4.71. The zero-order valence-corrected chi connectivity index (χ0v) is 24.0. The first-order valence-corrected chi connectivity index (χ1v) is 14.1. The van der Waals surface area contributed by atoms with Gasteiger partial charge in [0.1, 0.15) is 28.6 Å². The molecule has 0 bridgehead atoms. The van der Waals surface area contributed by atoms with E-state index in [9.17, 15) is 14.4 Å². The number of benzene rings is 3. The van der Waals surface area contributed by atoms with Gasteiger partial charge in [0.15, 0.2) is 10.6 Å². The third-order valence-electron chi connectivity index (χ3n) is 6.49. The van der Waals surface area contributed by atoms with E-state index >= 15 is 0 Å². The second kappa shape index (κ2) is 10.8. The second-order valence-corrected chi connectivity index (χ2v) is 11.1. The molecule has 3 aromatic carbocycles. The lowest BCUT2D eigenvalue weighted by Gasteiger charge is -2.23. The maximum absolute atomic E-state index is 14.0. The number of aryl methyl sites for hydroxylation is 1. The lowest BCUT2D eigenvalue weighted by atomic mass is 9.98. The summed E-state index contributed by atoms with van der Waals surface area (Å²) in [5.74, 6) is -0.0340. The normalized spacial score (nSPS) is 14.2. The van der Waals surface area contributed by atoms with Gasteiger partial charge in [-0.15, -0.1) is 0 Å². The van der Waals surface area contributed by atoms with E-state index in [-0.39, 0.29) is 39.0 Å². The number of hydrogen-bond donors (Lipinski definition) is 0. The van der Waals surface area contributed by atoms with Gasteiger partial charge in [-0.25, -0.2) is 9.78 Å². The molecule has 2 aromatic heterocycles. The van der Waals surface area contributed by atoms with Crippen molar-refractivity contribution >= 4 is 55.2 Å². The van der Waals surface area contributed by atoms with Gasteiger partial charge in [-0.05, 0) is 55.0 Å². The van der Waals surface area contributed by atoms with E-state index in [2.05, 4.69) is 27.5 Å². The molecule has 8 nitrogen and oxygen atoms in total. The van der Waals surface area contributed by atoms with Crippen molar-refractivity contribution in [3.05, 3.63) is 128 Å². The Kier molecular flexibility index (Phi) is 7.02. The molecule has 5 aromatic rings. The number of amides is 1. The Labute approximate surface area is 246 Å². The van der Waals surface area contributed by atoms with Crippen LogP contribution in [0.4, 0.5) is 5.13 Å². The first-order valence-electron chi connectivity index (χ1n) is 12.5. The quantitative estimate of drug-likeness (QED) is 0.139. The van der Waals surface area contributed by atoms with Crippen LogP contribution in [0.1, 0.15) is 43.1 Å². The summed E-state index contributed by atoms with van der Waals surface area (Å²) in [6.07, 6.45) is 1.47. The molecular formula is C31H21BrN2O6S. The first kappa shape index (κ1) is 26.7. The highest BCUT2D eigenvalue weighted by Gasteiger charge is 2.45. The van der Waals surface area contributed by atoms with Gasteiger partial charge in [-0.1, -0.05) is 70.3 Å². The summed E-state index contributed by atoms with van der Waals surface area (Å²) < 4.78 is 18.0. The van der Waals surface area contributed by atoms with Gasteiger partial charge in [0, 0.05) is 4.47 Å². The van der Waals surface area contributed by atoms with Gasteiger partial charge in [0.05, 0.1) is 22.7 Å². The first-order chi connectivity index (χ1) is 19.9. The number of hydrogen-bond acceptors (Lipinski definition) is 8. The van der Waals surface area contributed by atoms with Crippen LogP contribution in [0, 0.1) is 6.92 Å². The highest BCUT2D eigenvalue weighted by Crippen LogP contribution is 2.44. The van der Waals surface area contributed by atoms with E-state index in [1.54, 1.807) is 43.3 Å². The number of esters is 1. The molecular weight excluding hydrogens is 608 g/mol. The van der Waals surface area contributed by atoms with Crippen LogP contribution >= 0.6 is 27.3 Å². The predicted molar refractivity (Wildman–Crippen MR) is 159 cm³/mol. The number of nitrogens with zero attached hydrogens (tertiary/aromatic N) is 2. The highest BCUT2D eigenvalue weighted by molar-refractivity contribution is 9.10. The Balaban J connectivity index is 1.52. The molecule has 0 saturated heterocycles. The lowest BCUT2D eigenvalue weighted by molar-refractivity contribution is 0.0554. The minimum atomic E-state index is -0.890. The van der Waals surface area contributed by atoms with Crippen LogP contribution < -0.4 is 15.1 Å². The summed E-state index contributed by atoms with van der Waals surface area (Å²) in [4.78, 5) is 46.8. The number of para-hydroxylation sites is 1. The fourth-order valence-corrected chi connectivity index (χ4v) is 6.05. The number of rotatable bonds is 7. The van der Waals surface area contributed by atoms with Gasteiger partial charge in [0.25, 0.3) is 5.91 Å². The Hall–Kier alpha value is -4.54. The third-order valence-corrected chi connectivity index (χ3v) is 8.12. The van der Waals surface area contributed by atoms with E-state index in [0.29, 0.717) is 32.6 Å². The van der Waals surface area contributed by atoms with Gasteiger partial charge >= 0.3 is 5.97 Å². The average molecular weight is 629 g/mol. The van der Waals surface area contributed by atoms with E-state index in [0.717, 1.165) is 11.3 Å². The lowest BCUT2D eigenvalue weighted by Crippen LogP contribution is -2.29. The van der Waals surface area contributed by atoms with Crippen LogP contribution in [0.2, 0.25) is 0 Å². The van der Waals surface area contributed by atoms with Gasteiger partial charge in [-0.2, -0.15) is 0 Å². The van der Waals surface area contributed by atoms with Crippen molar-refractivity contribution in [2.75, 3.05) is 11.5 Å². The molecule has 1 atom stereocenters. The molecule has 0 aliphatic carbocycles. The maximum atomic E-state index is 14.0. The molecule has 41 heavy (non-hydrogen) atoms. The monoisotopic (exact) mass is 628 g/mol. The molecule has 10 heteroatoms. The topological polar surface area (TPSA) is 98.9 Å². The molecule has 204 valence electrons. The molecule has 0 radical (unpaired) electrons.